The van der Waals surface area contributed by atoms with Crippen molar-refractivity contribution in [3.8, 4) is 17.2 Å². The summed E-state index contributed by atoms with van der Waals surface area (Å²) in [5, 5.41) is 6.11. The lowest BCUT2D eigenvalue weighted by molar-refractivity contribution is -0.117. The van der Waals surface area contributed by atoms with Crippen molar-refractivity contribution in [2.75, 3.05) is 11.8 Å². The third-order valence-corrected chi connectivity index (χ3v) is 7.54. The molecule has 0 saturated heterocycles. The van der Waals surface area contributed by atoms with Crippen molar-refractivity contribution in [3.63, 3.8) is 0 Å². The summed E-state index contributed by atoms with van der Waals surface area (Å²) < 4.78 is 58.9. The van der Waals surface area contributed by atoms with Gasteiger partial charge in [-0.1, -0.05) is 11.2 Å². The first kappa shape index (κ1) is 25.3. The molecule has 0 amide bonds. The van der Waals surface area contributed by atoms with Crippen LogP contribution >= 0.6 is 11.3 Å². The Balaban J connectivity index is 1.69. The number of nitrogens with one attached hydrogen (secondary N) is 1. The third kappa shape index (κ3) is 5.55. The van der Waals surface area contributed by atoms with Gasteiger partial charge in [0.1, 0.15) is 17.2 Å². The zero-order chi connectivity index (χ0) is 25.9. The molecule has 0 atom stereocenters. The first-order valence-corrected chi connectivity index (χ1v) is 13.0. The number of benzene rings is 2. The predicted octanol–water partition coefficient (Wildman–Crippen LogP) is 4.84. The van der Waals surface area contributed by atoms with Crippen molar-refractivity contribution in [1.29, 1.82) is 0 Å². The summed E-state index contributed by atoms with van der Waals surface area (Å²) in [6.45, 7) is 3.02. The average Bonchev–Trinajstić information content (AvgIpc) is 3.45. The number of hydrogen-bond donors (Lipinski definition) is 1. The third-order valence-electron chi connectivity index (χ3n) is 5.13. The van der Waals surface area contributed by atoms with E-state index >= 15 is 0 Å². The molecule has 2 aromatic carbocycles. The second-order valence-electron chi connectivity index (χ2n) is 7.77. The first-order chi connectivity index (χ1) is 17.2. The minimum Gasteiger partial charge on any atom is -0.493 e. The number of ketones is 1. The number of anilines is 1. The van der Waals surface area contributed by atoms with E-state index in [4.69, 9.17) is 14.0 Å². The maximum absolute atomic E-state index is 14.5. The fourth-order valence-electron chi connectivity index (χ4n) is 3.59. The van der Waals surface area contributed by atoms with E-state index in [1.807, 2.05) is 0 Å². The van der Waals surface area contributed by atoms with Crippen LogP contribution < -0.4 is 14.2 Å². The minimum absolute atomic E-state index is 0.0692. The Morgan fingerprint density at radius 1 is 1.17 bits per heavy atom. The van der Waals surface area contributed by atoms with Crippen LogP contribution in [0.1, 0.15) is 22.0 Å². The Labute approximate surface area is 210 Å². The van der Waals surface area contributed by atoms with Crippen LogP contribution in [0.3, 0.4) is 0 Å². The van der Waals surface area contributed by atoms with Crippen LogP contribution in [0.25, 0.3) is 0 Å². The lowest BCUT2D eigenvalue weighted by Gasteiger charge is -2.16. The lowest BCUT2D eigenvalue weighted by atomic mass is 10.1. The molecule has 188 valence electrons. The molecule has 0 unspecified atom stereocenters. The smallest absolute Gasteiger partial charge is 0.267 e. The fraction of sp³-hybridized carbons (Fsp3) is 0.208. The zero-order valence-electron chi connectivity index (χ0n) is 19.6. The number of ether oxygens (including phenoxy) is 2. The van der Waals surface area contributed by atoms with Crippen molar-refractivity contribution < 1.29 is 31.6 Å². The summed E-state index contributed by atoms with van der Waals surface area (Å²) in [7, 11) is -2.65. The summed E-state index contributed by atoms with van der Waals surface area (Å²) in [4.78, 5) is 16.9. The molecule has 2 heterocycles. The summed E-state index contributed by atoms with van der Waals surface area (Å²) in [5.41, 5.74) is 0.742. The maximum atomic E-state index is 14.5. The molecule has 0 spiro atoms. The quantitative estimate of drug-likeness (QED) is 0.309. The van der Waals surface area contributed by atoms with Crippen LogP contribution in [0, 0.1) is 19.7 Å². The molecule has 4 aromatic rings. The van der Waals surface area contributed by atoms with Gasteiger partial charge in [-0.2, -0.15) is 0 Å². The van der Waals surface area contributed by atoms with Gasteiger partial charge in [-0.25, -0.2) is 17.8 Å². The van der Waals surface area contributed by atoms with E-state index in [0.29, 0.717) is 10.6 Å². The number of Topliss-reactive ketones (excluding diaryl/α,β-unsaturated/α-hetero) is 1. The second kappa shape index (κ2) is 10.5. The number of sulfonamides is 1. The Morgan fingerprint density at radius 3 is 2.64 bits per heavy atom. The Bertz CT molecular complexity index is 1480. The number of nitrogens with zero attached hydrogens (tertiary/aromatic N) is 2. The highest BCUT2D eigenvalue weighted by atomic mass is 32.2. The van der Waals surface area contributed by atoms with Gasteiger partial charge in [0.05, 0.1) is 18.5 Å². The normalized spacial score (nSPS) is 11.3. The molecular formula is C24H22FN3O6S2. The van der Waals surface area contributed by atoms with E-state index in [9.17, 15) is 17.6 Å². The fourth-order valence-corrected chi connectivity index (χ4v) is 5.61. The van der Waals surface area contributed by atoms with E-state index in [1.165, 1.54) is 68.7 Å². The number of carbonyl (C=O) groups is 1. The van der Waals surface area contributed by atoms with Crippen LogP contribution in [0.4, 0.5) is 10.1 Å². The lowest BCUT2D eigenvalue weighted by Crippen LogP contribution is -2.15. The molecular weight excluding hydrogens is 509 g/mol. The van der Waals surface area contributed by atoms with E-state index < -0.39 is 15.8 Å². The Kier molecular flexibility index (Phi) is 7.36. The summed E-state index contributed by atoms with van der Waals surface area (Å²) in [6.07, 6.45) is 1.60. The highest BCUT2D eigenvalue weighted by molar-refractivity contribution is 7.92. The number of aryl methyl sites for hydroxylation is 2. The molecule has 0 aliphatic carbocycles. The van der Waals surface area contributed by atoms with Crippen molar-refractivity contribution in [2.24, 2.45) is 0 Å². The molecule has 9 nitrogen and oxygen atoms in total. The Morgan fingerprint density at radius 2 is 1.97 bits per heavy atom. The van der Waals surface area contributed by atoms with E-state index in [1.54, 1.807) is 11.6 Å². The molecule has 0 fully saturated rings. The number of aromatic nitrogens is 2. The number of para-hydroxylation sites is 1. The van der Waals surface area contributed by atoms with Crippen molar-refractivity contribution in [3.05, 3.63) is 75.8 Å². The Hall–Kier alpha value is -3.77. The molecule has 1 N–H and O–H groups in total. The van der Waals surface area contributed by atoms with Crippen LogP contribution in [0.5, 0.6) is 17.2 Å². The number of carbonyl (C=O) groups excluding carboxylic acids is 1. The standard InChI is InChI=1S/C24H22FN3O6S2/c1-14-24(15(2)34-27-14)36(30,31)28-17-7-8-20(33-23-19(25)5-4-6-21(23)32-3)16(11-17)12-18(29)13-22-26-9-10-35-22/h4-11,28H,12-13H2,1-3H3. The van der Waals surface area contributed by atoms with Crippen LogP contribution in [-0.2, 0) is 27.7 Å². The molecule has 0 bridgehead atoms. The van der Waals surface area contributed by atoms with Gasteiger partial charge in [0, 0.05) is 29.2 Å². The van der Waals surface area contributed by atoms with Gasteiger partial charge in [0.25, 0.3) is 10.0 Å². The van der Waals surface area contributed by atoms with Gasteiger partial charge < -0.3 is 14.0 Å². The summed E-state index contributed by atoms with van der Waals surface area (Å²) in [6, 6.07) is 8.62. The van der Waals surface area contributed by atoms with Crippen LogP contribution in [0.15, 0.2) is 57.4 Å². The number of rotatable bonds is 10. The molecule has 36 heavy (non-hydrogen) atoms. The van der Waals surface area contributed by atoms with Crippen molar-refractivity contribution >= 4 is 32.8 Å². The topological polar surface area (TPSA) is 121 Å². The van der Waals surface area contributed by atoms with Crippen LogP contribution in [0.2, 0.25) is 0 Å². The minimum atomic E-state index is -4.03. The molecule has 2 aromatic heterocycles. The second-order valence-corrected chi connectivity index (χ2v) is 10.4. The zero-order valence-corrected chi connectivity index (χ0v) is 21.2. The van der Waals surface area contributed by atoms with Gasteiger partial charge in [0.2, 0.25) is 5.75 Å². The highest BCUT2D eigenvalue weighted by Gasteiger charge is 2.25. The van der Waals surface area contributed by atoms with Gasteiger partial charge in [0.15, 0.2) is 22.2 Å². The molecule has 0 saturated carbocycles. The van der Waals surface area contributed by atoms with Crippen molar-refractivity contribution in [2.45, 2.75) is 31.6 Å². The molecule has 0 aliphatic heterocycles. The average molecular weight is 532 g/mol. The largest absolute Gasteiger partial charge is 0.493 e. The number of thiazole rings is 1. The number of methoxy groups -OCH3 is 1. The molecule has 0 radical (unpaired) electrons. The maximum Gasteiger partial charge on any atom is 0.267 e. The van der Waals surface area contributed by atoms with Crippen LogP contribution in [-0.4, -0.2) is 31.5 Å². The van der Waals surface area contributed by atoms with Gasteiger partial charge in [-0.3, -0.25) is 9.52 Å². The van der Waals surface area contributed by atoms with E-state index in [2.05, 4.69) is 14.9 Å². The van der Waals surface area contributed by atoms with Gasteiger partial charge in [-0.05, 0) is 44.2 Å². The summed E-state index contributed by atoms with van der Waals surface area (Å²) >= 11 is 1.35. The van der Waals surface area contributed by atoms with E-state index in [0.717, 1.165) is 0 Å². The van der Waals surface area contributed by atoms with Crippen molar-refractivity contribution in [1.82, 2.24) is 10.1 Å². The molecule has 12 heteroatoms. The SMILES string of the molecule is COc1cccc(F)c1Oc1ccc(NS(=O)(=O)c2c(C)noc2C)cc1CC(=O)Cc1nccs1. The molecule has 0 aliphatic rings. The number of halogens is 1. The predicted molar refractivity (Wildman–Crippen MR) is 131 cm³/mol. The van der Waals surface area contributed by atoms with Gasteiger partial charge in [-0.15, -0.1) is 11.3 Å². The summed E-state index contributed by atoms with van der Waals surface area (Å²) in [5.74, 6) is -0.508. The highest BCUT2D eigenvalue weighted by Crippen LogP contribution is 2.37. The number of hydrogen-bond acceptors (Lipinski definition) is 9. The van der Waals surface area contributed by atoms with E-state index in [-0.39, 0.29) is 57.9 Å². The molecule has 4 rings (SSSR count). The first-order valence-electron chi connectivity index (χ1n) is 10.7. The van der Waals surface area contributed by atoms with Gasteiger partial charge >= 0.3 is 0 Å². The monoisotopic (exact) mass is 531 g/mol.